The summed E-state index contributed by atoms with van der Waals surface area (Å²) in [6.07, 6.45) is 1.05. The van der Waals surface area contributed by atoms with Crippen molar-refractivity contribution in [1.29, 1.82) is 0 Å². The Morgan fingerprint density at radius 1 is 1.33 bits per heavy atom. The molecule has 1 N–H and O–H groups in total. The van der Waals surface area contributed by atoms with Crippen molar-refractivity contribution in [1.82, 2.24) is 10.2 Å². The van der Waals surface area contributed by atoms with Gasteiger partial charge in [-0.3, -0.25) is 0 Å². The molecule has 0 bridgehead atoms. The number of nitrogens with one attached hydrogen (secondary N) is 1. The van der Waals surface area contributed by atoms with E-state index in [1.54, 1.807) is 11.3 Å². The van der Waals surface area contributed by atoms with Crippen LogP contribution in [0.4, 0.5) is 5.13 Å². The Morgan fingerprint density at radius 3 is 2.87 bits per heavy atom. The fourth-order valence-corrected chi connectivity index (χ4v) is 2.06. The first-order valence-electron chi connectivity index (χ1n) is 4.94. The maximum absolute atomic E-state index is 4.14. The number of aryl methyl sites for hydroxylation is 1. The fourth-order valence-electron chi connectivity index (χ4n) is 1.37. The summed E-state index contributed by atoms with van der Waals surface area (Å²) >= 11 is 1.57. The molecule has 0 amide bonds. The molecule has 0 unspecified atom stereocenters. The van der Waals surface area contributed by atoms with Crippen LogP contribution in [0.25, 0.3) is 10.6 Å². The van der Waals surface area contributed by atoms with Crippen LogP contribution in [-0.4, -0.2) is 17.2 Å². The molecule has 1 heterocycles. The Hall–Kier alpha value is -1.42. The number of nitrogens with zero attached hydrogens (tertiary/aromatic N) is 2. The number of hydrogen-bond acceptors (Lipinski definition) is 4. The van der Waals surface area contributed by atoms with Gasteiger partial charge in [0.1, 0.15) is 5.01 Å². The van der Waals surface area contributed by atoms with Gasteiger partial charge < -0.3 is 5.32 Å². The predicted molar refractivity (Wildman–Crippen MR) is 64.3 cm³/mol. The second-order valence-electron chi connectivity index (χ2n) is 3.22. The second-order valence-corrected chi connectivity index (χ2v) is 4.19. The molecule has 0 aliphatic rings. The molecule has 1 aromatic heterocycles. The molecule has 0 fully saturated rings. The van der Waals surface area contributed by atoms with Crippen LogP contribution in [0.2, 0.25) is 0 Å². The van der Waals surface area contributed by atoms with E-state index in [4.69, 9.17) is 0 Å². The van der Waals surface area contributed by atoms with E-state index in [9.17, 15) is 0 Å². The minimum Gasteiger partial charge on any atom is -0.363 e. The van der Waals surface area contributed by atoms with Gasteiger partial charge in [-0.2, -0.15) is 0 Å². The van der Waals surface area contributed by atoms with Crippen molar-refractivity contribution in [2.45, 2.75) is 13.3 Å². The van der Waals surface area contributed by atoms with E-state index in [0.717, 1.165) is 22.1 Å². The molecule has 0 radical (unpaired) electrons. The van der Waals surface area contributed by atoms with E-state index >= 15 is 0 Å². The van der Waals surface area contributed by atoms with Gasteiger partial charge in [0.15, 0.2) is 0 Å². The average Bonchev–Trinajstić information content (AvgIpc) is 2.78. The Kier molecular flexibility index (Phi) is 2.97. The topological polar surface area (TPSA) is 37.8 Å². The minimum atomic E-state index is 0.854. The van der Waals surface area contributed by atoms with Crippen molar-refractivity contribution in [2.24, 2.45) is 0 Å². The van der Waals surface area contributed by atoms with Crippen molar-refractivity contribution < 1.29 is 0 Å². The van der Waals surface area contributed by atoms with Gasteiger partial charge >= 0.3 is 0 Å². The van der Waals surface area contributed by atoms with Gasteiger partial charge in [-0.1, -0.05) is 36.5 Å². The highest BCUT2D eigenvalue weighted by Gasteiger charge is 2.05. The lowest BCUT2D eigenvalue weighted by atomic mass is 10.1. The highest BCUT2D eigenvalue weighted by molar-refractivity contribution is 7.18. The zero-order chi connectivity index (χ0) is 10.7. The first-order valence-corrected chi connectivity index (χ1v) is 5.75. The van der Waals surface area contributed by atoms with Gasteiger partial charge in [0, 0.05) is 12.6 Å². The Bertz CT molecular complexity index is 451. The van der Waals surface area contributed by atoms with Crippen LogP contribution in [0.3, 0.4) is 0 Å². The summed E-state index contributed by atoms with van der Waals surface area (Å²) in [6.45, 7) is 2.15. The maximum atomic E-state index is 4.14. The zero-order valence-electron chi connectivity index (χ0n) is 8.82. The van der Waals surface area contributed by atoms with Crippen LogP contribution < -0.4 is 5.32 Å². The van der Waals surface area contributed by atoms with E-state index in [1.165, 1.54) is 5.56 Å². The molecule has 2 rings (SSSR count). The minimum absolute atomic E-state index is 0.854. The van der Waals surface area contributed by atoms with E-state index < -0.39 is 0 Å². The summed E-state index contributed by atoms with van der Waals surface area (Å²) < 4.78 is 0. The number of benzene rings is 1. The highest BCUT2D eigenvalue weighted by Crippen LogP contribution is 2.26. The predicted octanol–water partition coefficient (Wildman–Crippen LogP) is 2.81. The molecule has 0 aliphatic carbocycles. The van der Waals surface area contributed by atoms with Crippen LogP contribution in [0, 0.1) is 0 Å². The van der Waals surface area contributed by atoms with Gasteiger partial charge in [0.05, 0.1) is 0 Å². The first-order chi connectivity index (χ1) is 7.33. The number of anilines is 1. The molecule has 0 spiro atoms. The summed E-state index contributed by atoms with van der Waals surface area (Å²) in [4.78, 5) is 0. The van der Waals surface area contributed by atoms with Gasteiger partial charge in [0.25, 0.3) is 0 Å². The summed E-state index contributed by atoms with van der Waals surface area (Å²) in [5, 5.41) is 13.0. The summed E-state index contributed by atoms with van der Waals surface area (Å²) in [5.74, 6) is 0. The normalized spacial score (nSPS) is 10.3. The van der Waals surface area contributed by atoms with Crippen molar-refractivity contribution in [3.8, 4) is 10.6 Å². The lowest BCUT2D eigenvalue weighted by Crippen LogP contribution is -1.84. The number of hydrogen-bond donors (Lipinski definition) is 1. The fraction of sp³-hybridized carbons (Fsp3) is 0.273. The standard InChI is InChI=1S/C11H13N3S/c1-3-8-5-4-6-9(7-8)10-13-14-11(12-2)15-10/h4-7H,3H2,1-2H3,(H,12,14). The van der Waals surface area contributed by atoms with Crippen LogP contribution in [-0.2, 0) is 6.42 Å². The van der Waals surface area contributed by atoms with E-state index in [1.807, 2.05) is 7.05 Å². The van der Waals surface area contributed by atoms with Crippen molar-refractivity contribution >= 4 is 16.5 Å². The SMILES string of the molecule is CCc1cccc(-c2nnc(NC)s2)c1. The lowest BCUT2D eigenvalue weighted by Gasteiger charge is -1.98. The largest absolute Gasteiger partial charge is 0.363 e. The molecule has 78 valence electrons. The maximum Gasteiger partial charge on any atom is 0.205 e. The monoisotopic (exact) mass is 219 g/mol. The average molecular weight is 219 g/mol. The number of aromatic nitrogens is 2. The Balaban J connectivity index is 2.35. The van der Waals surface area contributed by atoms with Gasteiger partial charge in [0.2, 0.25) is 5.13 Å². The third kappa shape index (κ3) is 2.15. The Labute approximate surface area is 93.2 Å². The van der Waals surface area contributed by atoms with Crippen molar-refractivity contribution in [2.75, 3.05) is 12.4 Å². The van der Waals surface area contributed by atoms with Gasteiger partial charge in [-0.15, -0.1) is 10.2 Å². The highest BCUT2D eigenvalue weighted by atomic mass is 32.1. The van der Waals surface area contributed by atoms with E-state index in [2.05, 4.69) is 46.7 Å². The van der Waals surface area contributed by atoms with Crippen LogP contribution in [0.5, 0.6) is 0 Å². The summed E-state index contributed by atoms with van der Waals surface area (Å²) in [5.41, 5.74) is 2.47. The van der Waals surface area contributed by atoms with E-state index in [0.29, 0.717) is 0 Å². The van der Waals surface area contributed by atoms with Gasteiger partial charge in [-0.25, -0.2) is 0 Å². The second kappa shape index (κ2) is 4.40. The van der Waals surface area contributed by atoms with Crippen molar-refractivity contribution in [3.63, 3.8) is 0 Å². The molecule has 2 aromatic rings. The molecular weight excluding hydrogens is 206 g/mol. The zero-order valence-corrected chi connectivity index (χ0v) is 9.64. The first kappa shape index (κ1) is 10.1. The van der Waals surface area contributed by atoms with Crippen LogP contribution in [0.1, 0.15) is 12.5 Å². The number of rotatable bonds is 3. The third-order valence-electron chi connectivity index (χ3n) is 2.22. The molecule has 0 aliphatic heterocycles. The quantitative estimate of drug-likeness (QED) is 0.862. The molecule has 0 atom stereocenters. The molecular formula is C11H13N3S. The molecule has 0 saturated heterocycles. The smallest absolute Gasteiger partial charge is 0.205 e. The molecule has 0 saturated carbocycles. The molecule has 4 heteroatoms. The van der Waals surface area contributed by atoms with Gasteiger partial charge in [-0.05, 0) is 18.1 Å². The summed E-state index contributed by atoms with van der Waals surface area (Å²) in [7, 11) is 1.85. The molecule has 15 heavy (non-hydrogen) atoms. The van der Waals surface area contributed by atoms with Crippen LogP contribution in [0.15, 0.2) is 24.3 Å². The van der Waals surface area contributed by atoms with E-state index in [-0.39, 0.29) is 0 Å². The third-order valence-corrected chi connectivity index (χ3v) is 3.21. The summed E-state index contributed by atoms with van der Waals surface area (Å²) in [6, 6.07) is 8.43. The molecule has 1 aromatic carbocycles. The lowest BCUT2D eigenvalue weighted by molar-refractivity contribution is 1.09. The van der Waals surface area contributed by atoms with Crippen molar-refractivity contribution in [3.05, 3.63) is 29.8 Å². The van der Waals surface area contributed by atoms with Crippen LogP contribution >= 0.6 is 11.3 Å². The molecule has 3 nitrogen and oxygen atoms in total. The Morgan fingerprint density at radius 2 is 2.20 bits per heavy atom.